The number of carbonyl (C=O) groups excluding carboxylic acids is 1. The lowest BCUT2D eigenvalue weighted by Gasteiger charge is -2.31. The number of rotatable bonds is 3. The fraction of sp³-hybridized carbons (Fsp3) is 0.273. The van der Waals surface area contributed by atoms with Crippen molar-refractivity contribution in [2.75, 3.05) is 13.1 Å². The zero-order valence-electron chi connectivity index (χ0n) is 15.6. The summed E-state index contributed by atoms with van der Waals surface area (Å²) in [5, 5.41) is 13.4. The molecule has 6 nitrogen and oxygen atoms in total. The smallest absolute Gasteiger partial charge is 0.253 e. The summed E-state index contributed by atoms with van der Waals surface area (Å²) < 4.78 is 5.09. The molecule has 0 bridgehead atoms. The van der Waals surface area contributed by atoms with Crippen LogP contribution in [-0.2, 0) is 0 Å². The number of nitriles is 1. The molecule has 0 radical (unpaired) electrons. The highest BCUT2D eigenvalue weighted by atomic mass is 16.5. The summed E-state index contributed by atoms with van der Waals surface area (Å²) in [6, 6.07) is 17.1. The van der Waals surface area contributed by atoms with Gasteiger partial charge < -0.3 is 9.42 Å². The third kappa shape index (κ3) is 3.52. The molecule has 140 valence electrons. The van der Waals surface area contributed by atoms with Gasteiger partial charge in [-0.25, -0.2) is 0 Å². The first-order chi connectivity index (χ1) is 13.7. The standard InChI is InChI=1S/C22H20N4O2/c1-15-24-21(25-28-15)19-9-5-11-26(14-19)22(27)17-8-4-7-16(12-17)20-10-3-2-6-18(20)13-23/h2-4,6-8,10,12,19H,5,9,11,14H2,1H3/t19-/m0/s1. The number of nitrogens with zero attached hydrogens (tertiary/aromatic N) is 4. The van der Waals surface area contributed by atoms with Gasteiger partial charge in [-0.05, 0) is 42.2 Å². The van der Waals surface area contributed by atoms with Crippen molar-refractivity contribution < 1.29 is 9.32 Å². The predicted octanol–water partition coefficient (Wildman–Crippen LogP) is 3.94. The number of aryl methyl sites for hydroxylation is 1. The van der Waals surface area contributed by atoms with Gasteiger partial charge in [-0.1, -0.05) is 35.5 Å². The van der Waals surface area contributed by atoms with Gasteiger partial charge in [0.2, 0.25) is 5.89 Å². The Hall–Kier alpha value is -3.46. The van der Waals surface area contributed by atoms with E-state index in [0.717, 1.165) is 24.0 Å². The number of hydrogen-bond acceptors (Lipinski definition) is 5. The van der Waals surface area contributed by atoms with E-state index in [1.54, 1.807) is 13.0 Å². The zero-order chi connectivity index (χ0) is 19.5. The van der Waals surface area contributed by atoms with Crippen molar-refractivity contribution in [2.45, 2.75) is 25.7 Å². The highest BCUT2D eigenvalue weighted by Crippen LogP contribution is 2.28. The van der Waals surface area contributed by atoms with Crippen LogP contribution in [0.2, 0.25) is 0 Å². The third-order valence-corrected chi connectivity index (χ3v) is 5.09. The Morgan fingerprint density at radius 3 is 2.89 bits per heavy atom. The molecule has 28 heavy (non-hydrogen) atoms. The van der Waals surface area contributed by atoms with Crippen LogP contribution in [0.4, 0.5) is 0 Å². The Bertz CT molecular complexity index is 1050. The summed E-state index contributed by atoms with van der Waals surface area (Å²) in [6.07, 6.45) is 1.85. The maximum atomic E-state index is 13.1. The second-order valence-electron chi connectivity index (χ2n) is 7.00. The Morgan fingerprint density at radius 2 is 2.11 bits per heavy atom. The van der Waals surface area contributed by atoms with Crippen molar-refractivity contribution in [2.24, 2.45) is 0 Å². The first-order valence-electron chi connectivity index (χ1n) is 9.35. The molecule has 2 aromatic carbocycles. The number of amides is 1. The molecule has 0 N–H and O–H groups in total. The molecule has 2 heterocycles. The maximum absolute atomic E-state index is 13.1. The molecule has 6 heteroatoms. The van der Waals surface area contributed by atoms with E-state index in [1.807, 2.05) is 47.4 Å². The van der Waals surface area contributed by atoms with E-state index in [9.17, 15) is 10.1 Å². The Morgan fingerprint density at radius 1 is 1.25 bits per heavy atom. The lowest BCUT2D eigenvalue weighted by Crippen LogP contribution is -2.39. The topological polar surface area (TPSA) is 83.0 Å². The van der Waals surface area contributed by atoms with Crippen LogP contribution in [0.1, 0.15) is 46.4 Å². The molecule has 4 rings (SSSR count). The summed E-state index contributed by atoms with van der Waals surface area (Å²) in [7, 11) is 0. The molecule has 0 spiro atoms. The van der Waals surface area contributed by atoms with E-state index in [1.165, 1.54) is 0 Å². The van der Waals surface area contributed by atoms with Gasteiger partial charge in [0.15, 0.2) is 5.82 Å². The fourth-order valence-electron chi connectivity index (χ4n) is 3.69. The molecule has 3 aromatic rings. The van der Waals surface area contributed by atoms with E-state index in [0.29, 0.717) is 35.9 Å². The van der Waals surface area contributed by atoms with Crippen molar-refractivity contribution in [1.82, 2.24) is 15.0 Å². The minimum Gasteiger partial charge on any atom is -0.340 e. The summed E-state index contributed by atoms with van der Waals surface area (Å²) in [4.78, 5) is 19.3. The van der Waals surface area contributed by atoms with Crippen LogP contribution in [0.25, 0.3) is 11.1 Å². The Balaban J connectivity index is 1.57. The lowest BCUT2D eigenvalue weighted by molar-refractivity contribution is 0.0703. The van der Waals surface area contributed by atoms with Crippen LogP contribution in [0.15, 0.2) is 53.1 Å². The molecule has 1 amide bonds. The maximum Gasteiger partial charge on any atom is 0.253 e. The van der Waals surface area contributed by atoms with Gasteiger partial charge in [-0.2, -0.15) is 10.2 Å². The van der Waals surface area contributed by atoms with Crippen molar-refractivity contribution in [1.29, 1.82) is 5.26 Å². The second-order valence-corrected chi connectivity index (χ2v) is 7.00. The first kappa shape index (κ1) is 17.9. The third-order valence-electron chi connectivity index (χ3n) is 5.09. The Labute approximate surface area is 163 Å². The summed E-state index contributed by atoms with van der Waals surface area (Å²) >= 11 is 0. The molecular weight excluding hydrogens is 352 g/mol. The first-order valence-corrected chi connectivity index (χ1v) is 9.35. The molecule has 0 unspecified atom stereocenters. The lowest BCUT2D eigenvalue weighted by atomic mass is 9.95. The monoisotopic (exact) mass is 372 g/mol. The van der Waals surface area contributed by atoms with E-state index >= 15 is 0 Å². The Kier molecular flexibility index (Phi) is 4.90. The van der Waals surface area contributed by atoms with Crippen molar-refractivity contribution in [3.05, 3.63) is 71.4 Å². The predicted molar refractivity (Wildman–Crippen MR) is 104 cm³/mol. The van der Waals surface area contributed by atoms with Crippen LogP contribution in [0.3, 0.4) is 0 Å². The fourth-order valence-corrected chi connectivity index (χ4v) is 3.69. The minimum atomic E-state index is -0.0128. The van der Waals surface area contributed by atoms with Crippen molar-refractivity contribution in [3.8, 4) is 17.2 Å². The normalized spacial score (nSPS) is 16.6. The quantitative estimate of drug-likeness (QED) is 0.695. The molecule has 1 fully saturated rings. The highest BCUT2D eigenvalue weighted by Gasteiger charge is 2.28. The van der Waals surface area contributed by atoms with Crippen molar-refractivity contribution >= 4 is 5.91 Å². The van der Waals surface area contributed by atoms with Crippen LogP contribution in [0.5, 0.6) is 0 Å². The van der Waals surface area contributed by atoms with Crippen LogP contribution in [0, 0.1) is 18.3 Å². The van der Waals surface area contributed by atoms with E-state index < -0.39 is 0 Å². The van der Waals surface area contributed by atoms with Gasteiger partial charge in [-0.15, -0.1) is 0 Å². The average Bonchev–Trinajstić information content (AvgIpc) is 3.19. The van der Waals surface area contributed by atoms with Crippen LogP contribution in [-0.4, -0.2) is 34.0 Å². The number of piperidine rings is 1. The number of benzene rings is 2. The average molecular weight is 372 g/mol. The van der Waals surface area contributed by atoms with Gasteiger partial charge >= 0.3 is 0 Å². The second kappa shape index (κ2) is 7.65. The van der Waals surface area contributed by atoms with E-state index in [2.05, 4.69) is 16.2 Å². The van der Waals surface area contributed by atoms with Gasteiger partial charge in [-0.3, -0.25) is 4.79 Å². The van der Waals surface area contributed by atoms with Crippen LogP contribution >= 0.6 is 0 Å². The molecule has 1 saturated heterocycles. The number of likely N-dealkylation sites (tertiary alicyclic amines) is 1. The molecule has 1 atom stereocenters. The molecule has 1 aromatic heterocycles. The van der Waals surface area contributed by atoms with Gasteiger partial charge in [0.1, 0.15) is 0 Å². The zero-order valence-corrected chi connectivity index (χ0v) is 15.6. The van der Waals surface area contributed by atoms with E-state index in [-0.39, 0.29) is 11.8 Å². The number of carbonyl (C=O) groups is 1. The SMILES string of the molecule is Cc1nc([C@H]2CCCN(C(=O)c3cccc(-c4ccccc4C#N)c3)C2)no1. The van der Waals surface area contributed by atoms with Crippen molar-refractivity contribution in [3.63, 3.8) is 0 Å². The minimum absolute atomic E-state index is 0.0128. The van der Waals surface area contributed by atoms with Gasteiger partial charge in [0.05, 0.1) is 11.6 Å². The van der Waals surface area contributed by atoms with Gasteiger partial charge in [0, 0.05) is 31.5 Å². The summed E-state index contributed by atoms with van der Waals surface area (Å²) in [5.41, 5.74) is 2.91. The number of hydrogen-bond donors (Lipinski definition) is 0. The molecule has 0 saturated carbocycles. The summed E-state index contributed by atoms with van der Waals surface area (Å²) in [6.45, 7) is 3.06. The highest BCUT2D eigenvalue weighted by molar-refractivity contribution is 5.95. The number of aromatic nitrogens is 2. The molecule has 1 aliphatic rings. The largest absolute Gasteiger partial charge is 0.340 e. The summed E-state index contributed by atoms with van der Waals surface area (Å²) in [5.74, 6) is 1.30. The molecular formula is C22H20N4O2. The molecule has 0 aliphatic carbocycles. The molecule has 1 aliphatic heterocycles. The van der Waals surface area contributed by atoms with E-state index in [4.69, 9.17) is 4.52 Å². The van der Waals surface area contributed by atoms with Crippen LogP contribution < -0.4 is 0 Å². The van der Waals surface area contributed by atoms with Gasteiger partial charge in [0.25, 0.3) is 5.91 Å².